The minimum atomic E-state index is -1.28. The van der Waals surface area contributed by atoms with Crippen molar-refractivity contribution < 1.29 is 9.90 Å². The molecule has 0 bridgehead atoms. The molecule has 6 nitrogen and oxygen atoms in total. The van der Waals surface area contributed by atoms with Crippen LogP contribution in [0.4, 0.5) is 11.6 Å². The Balaban J connectivity index is 1.60. The van der Waals surface area contributed by atoms with Gasteiger partial charge in [0.05, 0.1) is 29.6 Å². The normalized spacial score (nSPS) is 16.1. The van der Waals surface area contributed by atoms with Crippen LogP contribution >= 0.6 is 0 Å². The first-order valence-electron chi connectivity index (χ1n) is 9.86. The molecule has 0 saturated heterocycles. The van der Waals surface area contributed by atoms with E-state index in [9.17, 15) is 9.90 Å². The summed E-state index contributed by atoms with van der Waals surface area (Å²) in [7, 11) is 0. The highest BCUT2D eigenvalue weighted by molar-refractivity contribution is 5.93. The first-order valence-corrected chi connectivity index (χ1v) is 9.86. The Morgan fingerprint density at radius 3 is 2.66 bits per heavy atom. The number of hydrogen-bond acceptors (Lipinski definition) is 3. The van der Waals surface area contributed by atoms with Crippen molar-refractivity contribution in [3.05, 3.63) is 65.0 Å². The molecule has 1 aromatic heterocycles. The predicted molar refractivity (Wildman–Crippen MR) is 113 cm³/mol. The Kier molecular flexibility index (Phi) is 4.85. The fourth-order valence-electron chi connectivity index (χ4n) is 3.75. The van der Waals surface area contributed by atoms with Gasteiger partial charge in [-0.3, -0.25) is 10.1 Å². The van der Waals surface area contributed by atoms with Crippen molar-refractivity contribution in [2.45, 2.75) is 51.2 Å². The summed E-state index contributed by atoms with van der Waals surface area (Å²) < 4.78 is 2.03. The average molecular weight is 388 g/mol. The maximum absolute atomic E-state index is 12.8. The molecular formula is C23H24N4O2. The number of carbonyl (C=O) groups is 1. The Bertz CT molecular complexity index is 1100. The van der Waals surface area contributed by atoms with Crippen LogP contribution in [0.5, 0.6) is 0 Å². The molecule has 1 atom stereocenters. The maximum atomic E-state index is 12.8. The van der Waals surface area contributed by atoms with Crippen molar-refractivity contribution in [2.24, 2.45) is 0 Å². The smallest absolute Gasteiger partial charge is 0.229 e. The second kappa shape index (κ2) is 7.34. The lowest BCUT2D eigenvalue weighted by Crippen LogP contribution is -2.30. The van der Waals surface area contributed by atoms with Gasteiger partial charge in [-0.1, -0.05) is 35.9 Å². The zero-order valence-corrected chi connectivity index (χ0v) is 16.6. The molecule has 0 spiro atoms. The number of nitrogens with zero attached hydrogens (tertiary/aromatic N) is 3. The van der Waals surface area contributed by atoms with Gasteiger partial charge in [-0.15, -0.1) is 0 Å². The van der Waals surface area contributed by atoms with Crippen molar-refractivity contribution in [1.82, 2.24) is 9.55 Å². The van der Waals surface area contributed by atoms with E-state index >= 15 is 0 Å². The first-order chi connectivity index (χ1) is 13.9. The van der Waals surface area contributed by atoms with E-state index in [1.54, 1.807) is 13.0 Å². The van der Waals surface area contributed by atoms with Gasteiger partial charge in [-0.25, -0.2) is 9.83 Å². The molecule has 1 heterocycles. The van der Waals surface area contributed by atoms with Gasteiger partial charge in [0, 0.05) is 6.04 Å². The highest BCUT2D eigenvalue weighted by Crippen LogP contribution is 2.38. The fourth-order valence-corrected chi connectivity index (χ4v) is 3.75. The van der Waals surface area contributed by atoms with E-state index in [-0.39, 0.29) is 18.4 Å². The molecule has 3 aromatic rings. The number of anilines is 1. The number of nitrogens with one attached hydrogen (secondary N) is 1. The third-order valence-electron chi connectivity index (χ3n) is 5.67. The molecule has 0 aliphatic heterocycles. The van der Waals surface area contributed by atoms with E-state index in [1.165, 1.54) is 0 Å². The van der Waals surface area contributed by atoms with E-state index in [1.807, 2.05) is 47.9 Å². The minimum Gasteiger partial charge on any atom is -0.385 e. The minimum absolute atomic E-state index is 0.0722. The van der Waals surface area contributed by atoms with Crippen LogP contribution in [0.25, 0.3) is 15.9 Å². The molecule has 1 saturated carbocycles. The fraction of sp³-hybridized carbons (Fsp3) is 0.348. The van der Waals surface area contributed by atoms with Crippen LogP contribution in [0, 0.1) is 13.5 Å². The highest BCUT2D eigenvalue weighted by atomic mass is 16.3. The van der Waals surface area contributed by atoms with Gasteiger partial charge >= 0.3 is 0 Å². The molecule has 2 N–H and O–H groups in total. The molecule has 1 aliphatic carbocycles. The number of amides is 1. The summed E-state index contributed by atoms with van der Waals surface area (Å²) in [6.07, 6.45) is 3.12. The van der Waals surface area contributed by atoms with Crippen LogP contribution in [0.1, 0.15) is 49.8 Å². The number of aryl methyl sites for hydroxylation is 1. The zero-order chi connectivity index (χ0) is 20.6. The molecule has 1 fully saturated rings. The molecule has 2 aromatic carbocycles. The Labute approximate surface area is 170 Å². The Morgan fingerprint density at radius 1 is 1.31 bits per heavy atom. The van der Waals surface area contributed by atoms with Crippen LogP contribution in [-0.2, 0) is 10.4 Å². The lowest BCUT2D eigenvalue weighted by atomic mass is 9.91. The predicted octanol–water partition coefficient (Wildman–Crippen LogP) is 4.86. The van der Waals surface area contributed by atoms with E-state index in [2.05, 4.69) is 15.1 Å². The van der Waals surface area contributed by atoms with Crippen molar-refractivity contribution in [1.29, 1.82) is 0 Å². The molecular weight excluding hydrogens is 364 g/mol. The number of benzene rings is 2. The monoisotopic (exact) mass is 388 g/mol. The molecule has 29 heavy (non-hydrogen) atoms. The van der Waals surface area contributed by atoms with E-state index in [0.29, 0.717) is 17.2 Å². The van der Waals surface area contributed by atoms with Gasteiger partial charge in [0.2, 0.25) is 11.9 Å². The van der Waals surface area contributed by atoms with Gasteiger partial charge in [0.1, 0.15) is 0 Å². The number of carbonyl (C=O) groups excluding carboxylic acids is 1. The van der Waals surface area contributed by atoms with Crippen LogP contribution < -0.4 is 5.32 Å². The highest BCUT2D eigenvalue weighted by Gasteiger charge is 2.29. The standard InChI is InChI=1S/C23H24N4O2/c1-15-7-9-16(10-8-15)23(2,29)14-21(28)26-22-25-19-12-11-17(24-3)13-20(19)27(22)18-5-4-6-18/h7-13,18,29H,4-6,14H2,1-2H3,(H,25,26,28)/t23-/m1/s1. The molecule has 4 rings (SSSR count). The van der Waals surface area contributed by atoms with Crippen molar-refractivity contribution in [2.75, 3.05) is 5.32 Å². The number of aliphatic hydroxyl groups is 1. The van der Waals surface area contributed by atoms with Gasteiger partial charge < -0.3 is 9.67 Å². The number of aromatic nitrogens is 2. The van der Waals surface area contributed by atoms with E-state index in [4.69, 9.17) is 6.57 Å². The van der Waals surface area contributed by atoms with E-state index < -0.39 is 5.60 Å². The molecule has 148 valence electrons. The molecule has 6 heteroatoms. The largest absolute Gasteiger partial charge is 0.385 e. The second-order valence-electron chi connectivity index (χ2n) is 8.04. The average Bonchev–Trinajstić information content (AvgIpc) is 2.97. The van der Waals surface area contributed by atoms with Crippen LogP contribution in [0.15, 0.2) is 42.5 Å². The number of rotatable bonds is 5. The van der Waals surface area contributed by atoms with Crippen LogP contribution in [-0.4, -0.2) is 20.6 Å². The number of hydrogen-bond donors (Lipinski definition) is 2. The Hall–Kier alpha value is -3.17. The van der Waals surface area contributed by atoms with E-state index in [0.717, 1.165) is 35.9 Å². The van der Waals surface area contributed by atoms with Crippen molar-refractivity contribution >= 4 is 28.6 Å². The second-order valence-corrected chi connectivity index (χ2v) is 8.04. The summed E-state index contributed by atoms with van der Waals surface area (Å²) in [5.41, 5.74) is 2.70. The summed E-state index contributed by atoms with van der Waals surface area (Å²) in [5, 5.41) is 13.7. The summed E-state index contributed by atoms with van der Waals surface area (Å²) >= 11 is 0. The van der Waals surface area contributed by atoms with Gasteiger partial charge in [0.15, 0.2) is 5.69 Å². The summed E-state index contributed by atoms with van der Waals surface area (Å²) in [5.74, 6) is 0.188. The van der Waals surface area contributed by atoms with Crippen molar-refractivity contribution in [3.8, 4) is 0 Å². The topological polar surface area (TPSA) is 71.5 Å². The summed E-state index contributed by atoms with van der Waals surface area (Å²) in [6.45, 7) is 10.9. The maximum Gasteiger partial charge on any atom is 0.229 e. The van der Waals surface area contributed by atoms with Crippen molar-refractivity contribution in [3.63, 3.8) is 0 Å². The number of fused-ring (bicyclic) bond motifs is 1. The van der Waals surface area contributed by atoms with Gasteiger partial charge in [-0.05, 0) is 50.8 Å². The first kappa shape index (κ1) is 19.2. The third kappa shape index (κ3) is 3.74. The molecule has 0 unspecified atom stereocenters. The zero-order valence-electron chi connectivity index (χ0n) is 16.6. The molecule has 1 amide bonds. The van der Waals surface area contributed by atoms with Crippen LogP contribution in [0.2, 0.25) is 0 Å². The third-order valence-corrected chi connectivity index (χ3v) is 5.67. The molecule has 0 radical (unpaired) electrons. The molecule has 1 aliphatic rings. The quantitative estimate of drug-likeness (QED) is 0.613. The summed E-state index contributed by atoms with van der Waals surface area (Å²) in [4.78, 5) is 20.9. The Morgan fingerprint density at radius 2 is 2.03 bits per heavy atom. The SMILES string of the molecule is [C-]#[N+]c1ccc2nc(NC(=O)C[C@@](C)(O)c3ccc(C)cc3)n(C3CCC3)c2c1. The lowest BCUT2D eigenvalue weighted by molar-refractivity contribution is -0.120. The van der Waals surface area contributed by atoms with Gasteiger partial charge in [0.25, 0.3) is 0 Å². The van der Waals surface area contributed by atoms with Gasteiger partial charge in [-0.2, -0.15) is 0 Å². The van der Waals surface area contributed by atoms with Crippen LogP contribution in [0.3, 0.4) is 0 Å². The lowest BCUT2D eigenvalue weighted by Gasteiger charge is -2.29. The summed E-state index contributed by atoms with van der Waals surface area (Å²) in [6, 6.07) is 13.2. The number of imidazole rings is 1.